The molecule has 0 radical (unpaired) electrons. The highest BCUT2D eigenvalue weighted by molar-refractivity contribution is 7.13. The van der Waals surface area contributed by atoms with Crippen molar-refractivity contribution in [3.63, 3.8) is 0 Å². The number of hydrogen-bond donors (Lipinski definition) is 0. The van der Waals surface area contributed by atoms with Gasteiger partial charge in [0.05, 0.1) is 16.5 Å². The van der Waals surface area contributed by atoms with Crippen molar-refractivity contribution in [1.29, 1.82) is 0 Å². The van der Waals surface area contributed by atoms with Gasteiger partial charge in [-0.3, -0.25) is 19.4 Å². The number of hydrogen-bond acceptors (Lipinski definition) is 6. The van der Waals surface area contributed by atoms with Crippen molar-refractivity contribution < 1.29 is 9.59 Å². The Kier molecular flexibility index (Phi) is 6.33. The maximum atomic E-state index is 13.2. The Morgan fingerprint density at radius 1 is 0.886 bits per heavy atom. The molecule has 2 aromatic rings. The van der Waals surface area contributed by atoms with Gasteiger partial charge in [0.1, 0.15) is 5.82 Å². The number of benzene rings is 1. The van der Waals surface area contributed by atoms with Crippen LogP contribution >= 0.6 is 11.5 Å². The van der Waals surface area contributed by atoms with Crippen LogP contribution in [-0.2, 0) is 9.59 Å². The Labute approximate surface area is 212 Å². The highest BCUT2D eigenvalue weighted by Gasteiger charge is 2.56. The van der Waals surface area contributed by atoms with E-state index < -0.39 is 0 Å². The smallest absolute Gasteiger partial charge is 0.233 e. The lowest BCUT2D eigenvalue weighted by Crippen LogP contribution is -2.49. The topological polar surface area (TPSA) is 56.8 Å². The first-order chi connectivity index (χ1) is 17.0. The summed E-state index contributed by atoms with van der Waals surface area (Å²) in [6.07, 6.45) is 5.87. The average Bonchev–Trinajstić information content (AvgIpc) is 3.50. The summed E-state index contributed by atoms with van der Waals surface area (Å²) in [5, 5.41) is 1.27. The molecule has 35 heavy (non-hydrogen) atoms. The molecule has 1 aromatic carbocycles. The van der Waals surface area contributed by atoms with Gasteiger partial charge in [0.2, 0.25) is 11.8 Å². The van der Waals surface area contributed by atoms with Crippen molar-refractivity contribution in [3.05, 3.63) is 24.3 Å². The van der Waals surface area contributed by atoms with Gasteiger partial charge in [0.15, 0.2) is 0 Å². The summed E-state index contributed by atoms with van der Waals surface area (Å²) in [4.78, 5) is 33.2. The maximum Gasteiger partial charge on any atom is 0.233 e. The first-order valence-electron chi connectivity index (χ1n) is 13.7. The highest BCUT2D eigenvalue weighted by atomic mass is 32.1. The Morgan fingerprint density at radius 2 is 1.51 bits per heavy atom. The van der Waals surface area contributed by atoms with Gasteiger partial charge in [0, 0.05) is 44.7 Å². The number of rotatable bonds is 5. The van der Waals surface area contributed by atoms with Gasteiger partial charge < -0.3 is 4.90 Å². The number of carbonyl (C=O) groups is 2. The number of anilines is 1. The quantitative estimate of drug-likeness (QED) is 0.573. The Morgan fingerprint density at radius 3 is 2.20 bits per heavy atom. The molecular formula is C28H38N4O2S. The number of likely N-dealkylation sites (tertiary alicyclic amines) is 1. The maximum absolute atomic E-state index is 13.2. The number of carbonyl (C=O) groups excluding carboxylic acids is 2. The van der Waals surface area contributed by atoms with E-state index in [1.807, 2.05) is 0 Å². The molecule has 3 heterocycles. The average molecular weight is 495 g/mol. The van der Waals surface area contributed by atoms with E-state index in [-0.39, 0.29) is 23.7 Å². The fraction of sp³-hybridized carbons (Fsp3) is 0.679. The molecule has 2 aliphatic heterocycles. The van der Waals surface area contributed by atoms with Crippen LogP contribution in [0.4, 0.5) is 5.82 Å². The zero-order chi connectivity index (χ0) is 24.1. The van der Waals surface area contributed by atoms with E-state index in [1.54, 1.807) is 16.4 Å². The lowest BCUT2D eigenvalue weighted by Gasteiger charge is -2.40. The second kappa shape index (κ2) is 9.47. The molecule has 0 N–H and O–H groups in total. The molecular weight excluding hydrogens is 456 g/mol. The van der Waals surface area contributed by atoms with Gasteiger partial charge in [-0.25, -0.2) is 0 Å². The van der Waals surface area contributed by atoms with E-state index in [9.17, 15) is 9.59 Å². The van der Waals surface area contributed by atoms with E-state index >= 15 is 0 Å². The number of piperazine rings is 1. The third-order valence-corrected chi connectivity index (χ3v) is 10.3. The first-order valence-corrected chi connectivity index (χ1v) is 14.5. The Bertz CT molecular complexity index is 1070. The van der Waals surface area contributed by atoms with Crippen molar-refractivity contribution >= 4 is 39.3 Å². The summed E-state index contributed by atoms with van der Waals surface area (Å²) in [6.45, 7) is 10.2. The van der Waals surface area contributed by atoms with Crippen LogP contribution in [0.1, 0.15) is 46.0 Å². The molecule has 2 saturated carbocycles. The number of fused-ring (bicyclic) bond motifs is 2. The number of nitrogens with zero attached hydrogens (tertiary/aromatic N) is 4. The largest absolute Gasteiger partial charge is 0.353 e. The number of amides is 2. The highest BCUT2D eigenvalue weighted by Crippen LogP contribution is 2.48. The minimum Gasteiger partial charge on any atom is -0.353 e. The Hall–Kier alpha value is -1.99. The van der Waals surface area contributed by atoms with Gasteiger partial charge in [-0.15, -0.1) is 0 Å². The fourth-order valence-corrected chi connectivity index (χ4v) is 8.40. The summed E-state index contributed by atoms with van der Waals surface area (Å²) in [7, 11) is 0. The monoisotopic (exact) mass is 494 g/mol. The molecule has 4 fully saturated rings. The summed E-state index contributed by atoms with van der Waals surface area (Å²) in [6, 6.07) is 8.52. The van der Waals surface area contributed by atoms with Crippen LogP contribution in [0.25, 0.3) is 10.1 Å². The molecule has 2 aliphatic carbocycles. The van der Waals surface area contributed by atoms with Crippen LogP contribution in [0.3, 0.4) is 0 Å². The van der Waals surface area contributed by atoms with Gasteiger partial charge in [-0.05, 0) is 66.6 Å². The summed E-state index contributed by atoms with van der Waals surface area (Å²) in [5.74, 6) is 2.97. The molecule has 2 amide bonds. The third kappa shape index (κ3) is 4.18. The second-order valence-electron chi connectivity index (χ2n) is 11.6. The standard InChI is InChI=1S/C28H38N4O2S/c1-18-15-19(2)25-24(18)27(33)32(28(25)34)17-21-8-4-3-7-20(21)16-30-11-13-31(14-12-30)26-22-9-5-6-10-23(22)35-29-26/h5-6,9-10,18-21,24-25H,3-4,7-8,11-17H2,1-2H3/t18?,19?,20?,21-,24?,25?/m0/s1. The lowest BCUT2D eigenvalue weighted by molar-refractivity contribution is -0.142. The minimum absolute atomic E-state index is 0.0607. The molecule has 6 nitrogen and oxygen atoms in total. The zero-order valence-corrected chi connectivity index (χ0v) is 21.9. The molecule has 2 saturated heterocycles. The molecule has 4 aliphatic rings. The van der Waals surface area contributed by atoms with Crippen LogP contribution in [0.5, 0.6) is 0 Å². The molecule has 6 atom stereocenters. The van der Waals surface area contributed by atoms with E-state index in [0.29, 0.717) is 30.2 Å². The zero-order valence-electron chi connectivity index (χ0n) is 21.1. The molecule has 1 aromatic heterocycles. The van der Waals surface area contributed by atoms with Crippen molar-refractivity contribution in [2.75, 3.05) is 44.2 Å². The van der Waals surface area contributed by atoms with Crippen molar-refractivity contribution in [2.24, 2.45) is 35.5 Å². The molecule has 188 valence electrons. The summed E-state index contributed by atoms with van der Waals surface area (Å²) < 4.78 is 6.02. The van der Waals surface area contributed by atoms with Gasteiger partial charge in [-0.1, -0.05) is 38.8 Å². The molecule has 5 unspecified atom stereocenters. The van der Waals surface area contributed by atoms with Crippen LogP contribution in [-0.4, -0.2) is 65.3 Å². The third-order valence-electron chi connectivity index (χ3n) is 9.47. The molecule has 0 bridgehead atoms. The predicted molar refractivity (Wildman–Crippen MR) is 140 cm³/mol. The van der Waals surface area contributed by atoms with E-state index in [4.69, 9.17) is 4.37 Å². The first kappa shape index (κ1) is 23.4. The van der Waals surface area contributed by atoms with Crippen LogP contribution in [0, 0.1) is 35.5 Å². The Balaban J connectivity index is 1.08. The predicted octanol–water partition coefficient (Wildman–Crippen LogP) is 4.50. The summed E-state index contributed by atoms with van der Waals surface area (Å²) in [5.41, 5.74) is 0. The van der Waals surface area contributed by atoms with Crippen molar-refractivity contribution in [2.45, 2.75) is 46.0 Å². The lowest BCUT2D eigenvalue weighted by atomic mass is 9.78. The van der Waals surface area contributed by atoms with Gasteiger partial charge >= 0.3 is 0 Å². The van der Waals surface area contributed by atoms with E-state index in [1.165, 1.54) is 29.3 Å². The number of aromatic nitrogens is 1. The van der Waals surface area contributed by atoms with Crippen molar-refractivity contribution in [1.82, 2.24) is 14.2 Å². The van der Waals surface area contributed by atoms with Crippen LogP contribution in [0.2, 0.25) is 0 Å². The SMILES string of the molecule is CC1CC(C)C2C(=O)N(C[C@@H]3CCCCC3CN3CCN(c4nsc5ccccc45)CC3)C(=O)C12. The molecule has 6 rings (SSSR count). The van der Waals surface area contributed by atoms with Gasteiger partial charge in [-0.2, -0.15) is 4.37 Å². The minimum atomic E-state index is -0.0607. The number of imide groups is 1. The fourth-order valence-electron chi connectivity index (χ4n) is 7.60. The van der Waals surface area contributed by atoms with E-state index in [0.717, 1.165) is 51.4 Å². The van der Waals surface area contributed by atoms with Crippen LogP contribution < -0.4 is 4.90 Å². The van der Waals surface area contributed by atoms with Crippen molar-refractivity contribution in [3.8, 4) is 0 Å². The normalized spacial score (nSPS) is 34.2. The van der Waals surface area contributed by atoms with Crippen LogP contribution in [0.15, 0.2) is 24.3 Å². The van der Waals surface area contributed by atoms with Gasteiger partial charge in [0.25, 0.3) is 0 Å². The molecule has 0 spiro atoms. The molecule has 7 heteroatoms. The van der Waals surface area contributed by atoms with E-state index in [2.05, 4.69) is 47.9 Å². The summed E-state index contributed by atoms with van der Waals surface area (Å²) >= 11 is 1.59. The second-order valence-corrected chi connectivity index (χ2v) is 12.4.